The summed E-state index contributed by atoms with van der Waals surface area (Å²) in [5.74, 6) is -0.727. The first-order valence-corrected chi connectivity index (χ1v) is 8.14. The fourth-order valence-corrected chi connectivity index (χ4v) is 3.51. The number of hydrogen-bond acceptors (Lipinski definition) is 3. The van der Waals surface area contributed by atoms with Gasteiger partial charge in [-0.2, -0.15) is 0 Å². The molecule has 4 nitrogen and oxygen atoms in total. The standard InChI is InChI=1S/C11H24NO3P/c1-2-16(14,15)11(13)10(12)8-9-6-4-3-5-7-9/h9-11,13H,2-8,12H2,1H3,(H,14,15)/t10-,11?/m0/s1. The van der Waals surface area contributed by atoms with Crippen LogP contribution >= 0.6 is 7.37 Å². The largest absolute Gasteiger partial charge is 0.381 e. The number of aliphatic hydroxyl groups is 1. The number of nitrogens with two attached hydrogens (primary N) is 1. The molecule has 96 valence electrons. The van der Waals surface area contributed by atoms with Crippen molar-refractivity contribution in [1.82, 2.24) is 0 Å². The molecule has 0 amide bonds. The molecule has 1 aliphatic rings. The molecule has 2 unspecified atom stereocenters. The van der Waals surface area contributed by atoms with Crippen LogP contribution in [0.2, 0.25) is 0 Å². The van der Waals surface area contributed by atoms with Crippen LogP contribution < -0.4 is 5.73 Å². The molecule has 0 heterocycles. The normalized spacial score (nSPS) is 26.0. The third kappa shape index (κ3) is 3.85. The van der Waals surface area contributed by atoms with Crippen molar-refractivity contribution in [1.29, 1.82) is 0 Å². The average molecular weight is 249 g/mol. The van der Waals surface area contributed by atoms with E-state index in [1.54, 1.807) is 6.92 Å². The molecule has 5 heteroatoms. The molecule has 1 fully saturated rings. The van der Waals surface area contributed by atoms with Gasteiger partial charge in [0.1, 0.15) is 5.85 Å². The van der Waals surface area contributed by atoms with Gasteiger partial charge in [0.25, 0.3) is 0 Å². The molecule has 0 saturated heterocycles. The van der Waals surface area contributed by atoms with Gasteiger partial charge in [-0.05, 0) is 12.3 Å². The van der Waals surface area contributed by atoms with Gasteiger partial charge in [0.05, 0.1) is 0 Å². The lowest BCUT2D eigenvalue weighted by atomic mass is 9.85. The first-order valence-electron chi connectivity index (χ1n) is 6.22. The quantitative estimate of drug-likeness (QED) is 0.650. The maximum absolute atomic E-state index is 11.6. The van der Waals surface area contributed by atoms with Crippen molar-refractivity contribution < 1.29 is 14.6 Å². The number of hydrogen-bond donors (Lipinski definition) is 3. The first kappa shape index (κ1) is 14.2. The molecule has 0 aromatic heterocycles. The van der Waals surface area contributed by atoms with Gasteiger partial charge in [0.2, 0.25) is 7.37 Å². The highest BCUT2D eigenvalue weighted by Gasteiger charge is 2.33. The second kappa shape index (κ2) is 6.15. The molecule has 16 heavy (non-hydrogen) atoms. The Morgan fingerprint density at radius 1 is 1.38 bits per heavy atom. The van der Waals surface area contributed by atoms with Crippen LogP contribution in [0.15, 0.2) is 0 Å². The Hall–Kier alpha value is 0.110. The average Bonchev–Trinajstić information content (AvgIpc) is 2.29. The molecule has 0 spiro atoms. The molecule has 3 atom stereocenters. The Bertz CT molecular complexity index is 254. The lowest BCUT2D eigenvalue weighted by Gasteiger charge is -2.28. The van der Waals surface area contributed by atoms with E-state index in [1.165, 1.54) is 19.3 Å². The number of aliphatic hydroxyl groups excluding tert-OH is 1. The van der Waals surface area contributed by atoms with Crippen molar-refractivity contribution in [2.75, 3.05) is 6.16 Å². The summed E-state index contributed by atoms with van der Waals surface area (Å²) in [6.45, 7) is 1.61. The topological polar surface area (TPSA) is 83.5 Å². The molecule has 1 saturated carbocycles. The maximum Gasteiger partial charge on any atom is 0.229 e. The Morgan fingerprint density at radius 3 is 2.44 bits per heavy atom. The van der Waals surface area contributed by atoms with Crippen molar-refractivity contribution in [2.24, 2.45) is 11.7 Å². The van der Waals surface area contributed by atoms with E-state index in [4.69, 9.17) is 5.73 Å². The minimum Gasteiger partial charge on any atom is -0.381 e. The predicted octanol–water partition coefficient (Wildman–Crippen LogP) is 1.89. The van der Waals surface area contributed by atoms with Crippen molar-refractivity contribution >= 4 is 7.37 Å². The summed E-state index contributed by atoms with van der Waals surface area (Å²) in [5.41, 5.74) is 5.83. The van der Waals surface area contributed by atoms with Gasteiger partial charge in [0.15, 0.2) is 0 Å². The minimum atomic E-state index is -3.46. The van der Waals surface area contributed by atoms with E-state index < -0.39 is 19.3 Å². The molecule has 0 aromatic carbocycles. The summed E-state index contributed by atoms with van der Waals surface area (Å²) < 4.78 is 11.6. The summed E-state index contributed by atoms with van der Waals surface area (Å²) in [6, 6.07) is -0.557. The smallest absolute Gasteiger partial charge is 0.229 e. The predicted molar refractivity (Wildman–Crippen MR) is 65.5 cm³/mol. The zero-order chi connectivity index (χ0) is 12.2. The van der Waals surface area contributed by atoms with Crippen LogP contribution in [0, 0.1) is 5.92 Å². The minimum absolute atomic E-state index is 0.0898. The monoisotopic (exact) mass is 249 g/mol. The molecule has 0 aromatic rings. The second-order valence-corrected chi connectivity index (χ2v) is 7.56. The molecule has 4 N–H and O–H groups in total. The van der Waals surface area contributed by atoms with E-state index in [1.807, 2.05) is 0 Å². The first-order chi connectivity index (χ1) is 7.47. The summed E-state index contributed by atoms with van der Waals surface area (Å²) in [7, 11) is -3.46. The summed E-state index contributed by atoms with van der Waals surface area (Å²) in [6.07, 6.45) is 6.76. The molecule has 0 radical (unpaired) electrons. The van der Waals surface area contributed by atoms with Crippen LogP contribution in [0.1, 0.15) is 45.4 Å². The highest BCUT2D eigenvalue weighted by atomic mass is 31.2. The maximum atomic E-state index is 11.6. The Morgan fingerprint density at radius 2 is 1.94 bits per heavy atom. The lowest BCUT2D eigenvalue weighted by Crippen LogP contribution is -2.37. The van der Waals surface area contributed by atoms with Crippen molar-refractivity contribution in [3.63, 3.8) is 0 Å². The van der Waals surface area contributed by atoms with Gasteiger partial charge in [0, 0.05) is 12.2 Å². The van der Waals surface area contributed by atoms with Crippen LogP contribution in [0.5, 0.6) is 0 Å². The zero-order valence-electron chi connectivity index (χ0n) is 10.0. The highest BCUT2D eigenvalue weighted by molar-refractivity contribution is 7.58. The van der Waals surface area contributed by atoms with Crippen LogP contribution in [0.25, 0.3) is 0 Å². The second-order valence-electron chi connectivity index (χ2n) is 4.89. The molecular formula is C11H24NO3P. The summed E-state index contributed by atoms with van der Waals surface area (Å²) >= 11 is 0. The van der Waals surface area contributed by atoms with Crippen LogP contribution in [-0.2, 0) is 4.57 Å². The zero-order valence-corrected chi connectivity index (χ0v) is 10.9. The van der Waals surface area contributed by atoms with Gasteiger partial charge < -0.3 is 15.7 Å². The van der Waals surface area contributed by atoms with Gasteiger partial charge in [-0.3, -0.25) is 4.57 Å². The third-order valence-electron chi connectivity index (χ3n) is 3.58. The molecule has 1 aliphatic carbocycles. The SMILES string of the molecule is CCP(=O)(O)C(O)[C@@H](N)CC1CCCCC1. The van der Waals surface area contributed by atoms with Gasteiger partial charge in [-0.1, -0.05) is 39.0 Å². The van der Waals surface area contributed by atoms with Gasteiger partial charge >= 0.3 is 0 Å². The summed E-state index contributed by atoms with van der Waals surface area (Å²) in [4.78, 5) is 9.52. The molecule has 0 aliphatic heterocycles. The Balaban J connectivity index is 2.44. The van der Waals surface area contributed by atoms with Gasteiger partial charge in [-0.15, -0.1) is 0 Å². The van der Waals surface area contributed by atoms with E-state index in [9.17, 15) is 14.6 Å². The van der Waals surface area contributed by atoms with Crippen LogP contribution in [0.3, 0.4) is 0 Å². The van der Waals surface area contributed by atoms with Crippen LogP contribution in [0.4, 0.5) is 0 Å². The van der Waals surface area contributed by atoms with E-state index in [0.717, 1.165) is 12.8 Å². The van der Waals surface area contributed by atoms with E-state index in [2.05, 4.69) is 0 Å². The van der Waals surface area contributed by atoms with Gasteiger partial charge in [-0.25, -0.2) is 0 Å². The summed E-state index contributed by atoms with van der Waals surface area (Å²) in [5, 5.41) is 9.74. The fraction of sp³-hybridized carbons (Fsp3) is 1.00. The highest BCUT2D eigenvalue weighted by Crippen LogP contribution is 2.46. The Kier molecular flexibility index (Phi) is 5.45. The van der Waals surface area contributed by atoms with Crippen LogP contribution in [-0.4, -0.2) is 28.0 Å². The Labute approximate surface area is 97.7 Å². The molecule has 0 bridgehead atoms. The molecular weight excluding hydrogens is 225 g/mol. The molecule has 1 rings (SSSR count). The van der Waals surface area contributed by atoms with Crippen molar-refractivity contribution in [3.05, 3.63) is 0 Å². The van der Waals surface area contributed by atoms with E-state index in [-0.39, 0.29) is 6.16 Å². The third-order valence-corrected chi connectivity index (χ3v) is 5.70. The van der Waals surface area contributed by atoms with Crippen molar-refractivity contribution in [2.45, 2.75) is 57.3 Å². The lowest BCUT2D eigenvalue weighted by molar-refractivity contribution is 0.177. The van der Waals surface area contributed by atoms with E-state index in [0.29, 0.717) is 12.3 Å². The number of rotatable bonds is 5. The van der Waals surface area contributed by atoms with Crippen molar-refractivity contribution in [3.8, 4) is 0 Å². The fourth-order valence-electron chi connectivity index (χ4n) is 2.42. The van der Waals surface area contributed by atoms with E-state index >= 15 is 0 Å².